The molecule has 0 aliphatic rings. The van der Waals surface area contributed by atoms with E-state index in [-0.39, 0.29) is 11.8 Å². The number of halogens is 2. The van der Waals surface area contributed by atoms with Crippen molar-refractivity contribution in [1.82, 2.24) is 4.90 Å². The van der Waals surface area contributed by atoms with Crippen molar-refractivity contribution in [3.63, 3.8) is 0 Å². The minimum absolute atomic E-state index is 0.112. The molecule has 1 aromatic rings. The maximum atomic E-state index is 11.9. The highest BCUT2D eigenvalue weighted by Gasteiger charge is 2.05. The van der Waals surface area contributed by atoms with Gasteiger partial charge in [-0.1, -0.05) is 12.1 Å². The third-order valence-electron chi connectivity index (χ3n) is 2.20. The molecule has 0 amide bonds. The molecule has 2 N–H and O–H groups in total. The highest BCUT2D eigenvalue weighted by molar-refractivity contribution is 5.27. The first kappa shape index (κ1) is 13.9. The molecule has 1 aromatic carbocycles. The van der Waals surface area contributed by atoms with Gasteiger partial charge < -0.3 is 15.4 Å². The molecule has 0 spiro atoms. The largest absolute Gasteiger partial charge is 0.435 e. The lowest BCUT2D eigenvalue weighted by atomic mass is 10.2. The number of nitrogens with two attached hydrogens (primary N) is 1. The van der Waals surface area contributed by atoms with Gasteiger partial charge in [-0.25, -0.2) is 0 Å². The zero-order valence-electron chi connectivity index (χ0n) is 10.1. The highest BCUT2D eigenvalue weighted by atomic mass is 19.3. The molecule has 1 unspecified atom stereocenters. The van der Waals surface area contributed by atoms with Crippen LogP contribution in [0.25, 0.3) is 0 Å². The molecule has 0 fully saturated rings. The molecule has 96 valence electrons. The number of hydrogen-bond donors (Lipinski definition) is 1. The van der Waals surface area contributed by atoms with Gasteiger partial charge in [0.15, 0.2) is 0 Å². The van der Waals surface area contributed by atoms with Crippen molar-refractivity contribution in [2.75, 3.05) is 13.6 Å². The average molecular weight is 244 g/mol. The summed E-state index contributed by atoms with van der Waals surface area (Å²) < 4.78 is 28.1. The van der Waals surface area contributed by atoms with Crippen LogP contribution in [-0.4, -0.2) is 31.1 Å². The number of rotatable bonds is 6. The van der Waals surface area contributed by atoms with E-state index >= 15 is 0 Å². The average Bonchev–Trinajstić information content (AvgIpc) is 2.18. The zero-order valence-corrected chi connectivity index (χ0v) is 10.1. The van der Waals surface area contributed by atoms with Gasteiger partial charge >= 0.3 is 6.61 Å². The van der Waals surface area contributed by atoms with Crippen LogP contribution in [0.1, 0.15) is 12.5 Å². The topological polar surface area (TPSA) is 38.5 Å². The molecule has 17 heavy (non-hydrogen) atoms. The van der Waals surface area contributed by atoms with Gasteiger partial charge in [-0.2, -0.15) is 8.78 Å². The van der Waals surface area contributed by atoms with Crippen LogP contribution in [0.3, 0.4) is 0 Å². The minimum atomic E-state index is -2.78. The van der Waals surface area contributed by atoms with Crippen LogP contribution < -0.4 is 10.5 Å². The van der Waals surface area contributed by atoms with E-state index in [0.717, 1.165) is 18.7 Å². The lowest BCUT2D eigenvalue weighted by Gasteiger charge is -2.18. The third kappa shape index (κ3) is 5.60. The molecule has 5 heteroatoms. The first-order valence-corrected chi connectivity index (χ1v) is 5.45. The highest BCUT2D eigenvalue weighted by Crippen LogP contribution is 2.15. The fraction of sp³-hybridized carbons (Fsp3) is 0.500. The Labute approximate surface area is 100 Å². The molecule has 3 nitrogen and oxygen atoms in total. The first-order chi connectivity index (χ1) is 7.97. The molecule has 0 aromatic heterocycles. The second-order valence-corrected chi connectivity index (χ2v) is 4.20. The van der Waals surface area contributed by atoms with Crippen LogP contribution >= 0.6 is 0 Å². The van der Waals surface area contributed by atoms with Crippen LogP contribution in [0.4, 0.5) is 8.78 Å². The summed E-state index contributed by atoms with van der Waals surface area (Å²) >= 11 is 0. The summed E-state index contributed by atoms with van der Waals surface area (Å²) in [7, 11) is 1.97. The van der Waals surface area contributed by atoms with E-state index in [1.807, 2.05) is 14.0 Å². The lowest BCUT2D eigenvalue weighted by Crippen LogP contribution is -2.32. The van der Waals surface area contributed by atoms with E-state index < -0.39 is 6.61 Å². The smallest absolute Gasteiger partial charge is 0.387 e. The second-order valence-electron chi connectivity index (χ2n) is 4.20. The minimum Gasteiger partial charge on any atom is -0.435 e. The fourth-order valence-electron chi connectivity index (χ4n) is 1.64. The Kier molecular flexibility index (Phi) is 5.31. The van der Waals surface area contributed by atoms with Crippen molar-refractivity contribution < 1.29 is 13.5 Å². The van der Waals surface area contributed by atoms with Crippen molar-refractivity contribution in [2.45, 2.75) is 26.1 Å². The Bertz CT molecular complexity index is 328. The van der Waals surface area contributed by atoms with Gasteiger partial charge in [0.1, 0.15) is 5.75 Å². The molecule has 0 saturated carbocycles. The molecule has 1 atom stereocenters. The molecule has 0 aliphatic carbocycles. The molecule has 0 radical (unpaired) electrons. The van der Waals surface area contributed by atoms with Gasteiger partial charge in [0.25, 0.3) is 0 Å². The summed E-state index contributed by atoms with van der Waals surface area (Å²) in [6, 6.07) is 6.74. The van der Waals surface area contributed by atoms with Crippen LogP contribution in [-0.2, 0) is 6.54 Å². The van der Waals surface area contributed by atoms with Crippen molar-refractivity contribution in [3.8, 4) is 5.75 Å². The molecule has 0 saturated heterocycles. The van der Waals surface area contributed by atoms with Crippen molar-refractivity contribution in [1.29, 1.82) is 0 Å². The molecule has 1 rings (SSSR count). The number of nitrogens with zero attached hydrogens (tertiary/aromatic N) is 1. The molecule has 0 heterocycles. The Hall–Kier alpha value is -1.20. The van der Waals surface area contributed by atoms with Crippen LogP contribution in [0, 0.1) is 0 Å². The van der Waals surface area contributed by atoms with Crippen molar-refractivity contribution in [3.05, 3.63) is 29.8 Å². The normalized spacial score (nSPS) is 13.1. The van der Waals surface area contributed by atoms with Gasteiger partial charge in [-0.15, -0.1) is 0 Å². The summed E-state index contributed by atoms with van der Waals surface area (Å²) in [5.74, 6) is 0.179. The van der Waals surface area contributed by atoms with Crippen molar-refractivity contribution in [2.24, 2.45) is 5.73 Å². The molecule has 0 bridgehead atoms. The Balaban J connectivity index is 2.50. The van der Waals surface area contributed by atoms with E-state index in [1.165, 1.54) is 0 Å². The maximum absolute atomic E-state index is 11.9. The standard InChI is InChI=1S/C12H18F2N2O/c1-9(15)7-16(2)8-10-3-5-11(6-4-10)17-12(13)14/h3-6,9,12H,7-8,15H2,1-2H3. The Morgan fingerprint density at radius 3 is 2.35 bits per heavy atom. The van der Waals surface area contributed by atoms with Gasteiger partial charge in [0.05, 0.1) is 0 Å². The first-order valence-electron chi connectivity index (χ1n) is 5.45. The van der Waals surface area contributed by atoms with E-state index in [4.69, 9.17) is 5.73 Å². The molecular formula is C12H18F2N2O. The van der Waals surface area contributed by atoms with E-state index in [2.05, 4.69) is 9.64 Å². The van der Waals surface area contributed by atoms with E-state index in [1.54, 1.807) is 24.3 Å². The number of likely N-dealkylation sites (N-methyl/N-ethyl adjacent to an activating group) is 1. The summed E-state index contributed by atoms with van der Waals surface area (Å²) in [6.45, 7) is 0.684. The zero-order chi connectivity index (χ0) is 12.8. The quantitative estimate of drug-likeness (QED) is 0.832. The van der Waals surface area contributed by atoms with Gasteiger partial charge in [0, 0.05) is 19.1 Å². The lowest BCUT2D eigenvalue weighted by molar-refractivity contribution is -0.0498. The summed E-state index contributed by atoms with van der Waals surface area (Å²) in [5, 5.41) is 0. The fourth-order valence-corrected chi connectivity index (χ4v) is 1.64. The van der Waals surface area contributed by atoms with Crippen LogP contribution in [0.2, 0.25) is 0 Å². The van der Waals surface area contributed by atoms with Crippen LogP contribution in [0.5, 0.6) is 5.75 Å². The van der Waals surface area contributed by atoms with Crippen molar-refractivity contribution >= 4 is 0 Å². The Morgan fingerprint density at radius 1 is 1.29 bits per heavy atom. The number of hydrogen-bond acceptors (Lipinski definition) is 3. The number of ether oxygens (including phenoxy) is 1. The van der Waals surface area contributed by atoms with Crippen LogP contribution in [0.15, 0.2) is 24.3 Å². The third-order valence-corrected chi connectivity index (χ3v) is 2.20. The van der Waals surface area contributed by atoms with Gasteiger partial charge in [-0.3, -0.25) is 0 Å². The van der Waals surface area contributed by atoms with Gasteiger partial charge in [0.2, 0.25) is 0 Å². The SMILES string of the molecule is CC(N)CN(C)Cc1ccc(OC(F)F)cc1. The Morgan fingerprint density at radius 2 is 1.88 bits per heavy atom. The maximum Gasteiger partial charge on any atom is 0.387 e. The summed E-state index contributed by atoms with van der Waals surface area (Å²) in [4.78, 5) is 2.08. The number of benzene rings is 1. The monoisotopic (exact) mass is 244 g/mol. The second kappa shape index (κ2) is 6.51. The van der Waals surface area contributed by atoms with Gasteiger partial charge in [-0.05, 0) is 31.7 Å². The predicted octanol–water partition coefficient (Wildman–Crippen LogP) is 2.07. The van der Waals surface area contributed by atoms with E-state index in [0.29, 0.717) is 0 Å². The number of alkyl halides is 2. The molecular weight excluding hydrogens is 226 g/mol. The van der Waals surface area contributed by atoms with E-state index in [9.17, 15) is 8.78 Å². The summed E-state index contributed by atoms with van der Waals surface area (Å²) in [6.07, 6.45) is 0. The molecule has 0 aliphatic heterocycles. The summed E-state index contributed by atoms with van der Waals surface area (Å²) in [5.41, 5.74) is 6.72. The predicted molar refractivity (Wildman–Crippen MR) is 63.1 cm³/mol.